The molecule has 0 heterocycles. The minimum absolute atomic E-state index is 0.166. The normalized spacial score (nSPS) is 21.1. The largest absolute Gasteiger partial charge is 0.118 e. The second-order valence-corrected chi connectivity index (χ2v) is 4.75. The van der Waals surface area contributed by atoms with Crippen LogP contribution in [0.3, 0.4) is 0 Å². The van der Waals surface area contributed by atoms with Crippen molar-refractivity contribution in [3.63, 3.8) is 0 Å². The van der Waals surface area contributed by atoms with E-state index in [9.17, 15) is 0 Å². The summed E-state index contributed by atoms with van der Waals surface area (Å²) in [5.74, 6) is 0. The molecule has 1 aliphatic carbocycles. The first-order valence-corrected chi connectivity index (χ1v) is 5.66. The van der Waals surface area contributed by atoms with E-state index in [1.165, 1.54) is 5.57 Å². The molecule has 1 aromatic carbocycles. The van der Waals surface area contributed by atoms with E-state index in [1.54, 1.807) is 0 Å². The highest BCUT2D eigenvalue weighted by Crippen LogP contribution is 2.33. The third-order valence-electron chi connectivity index (χ3n) is 2.36. The van der Waals surface area contributed by atoms with Gasteiger partial charge in [-0.1, -0.05) is 35.3 Å². The number of hydrogen-bond donors (Lipinski definition) is 0. The van der Waals surface area contributed by atoms with Crippen LogP contribution in [-0.2, 0) is 0 Å². The molecule has 0 N–H and O–H groups in total. The predicted molar refractivity (Wildman–Crippen MR) is 63.3 cm³/mol. The van der Waals surface area contributed by atoms with E-state index in [0.717, 1.165) is 18.4 Å². The topological polar surface area (TPSA) is 0 Å². The summed E-state index contributed by atoms with van der Waals surface area (Å²) in [6, 6.07) is 5.70. The van der Waals surface area contributed by atoms with E-state index in [2.05, 4.69) is 6.08 Å². The van der Waals surface area contributed by atoms with Crippen molar-refractivity contribution < 1.29 is 0 Å². The lowest BCUT2D eigenvalue weighted by atomic mass is 10.1. The first-order chi connectivity index (χ1) is 6.66. The van der Waals surface area contributed by atoms with Crippen LogP contribution < -0.4 is 0 Å². The molecular formula is C11H9Cl3. The molecule has 1 atom stereocenters. The van der Waals surface area contributed by atoms with Crippen LogP contribution in [0.1, 0.15) is 18.4 Å². The van der Waals surface area contributed by atoms with Gasteiger partial charge in [0.2, 0.25) is 0 Å². The van der Waals surface area contributed by atoms with Crippen molar-refractivity contribution in [3.8, 4) is 0 Å². The SMILES string of the molecule is Clc1ccc(C2=CC(Cl)CC2)cc1Cl. The highest BCUT2D eigenvalue weighted by Gasteiger charge is 2.14. The quantitative estimate of drug-likeness (QED) is 0.627. The number of hydrogen-bond acceptors (Lipinski definition) is 0. The van der Waals surface area contributed by atoms with Crippen LogP contribution in [0.25, 0.3) is 5.57 Å². The van der Waals surface area contributed by atoms with Crippen LogP contribution in [0.4, 0.5) is 0 Å². The van der Waals surface area contributed by atoms with Crippen molar-refractivity contribution in [1.29, 1.82) is 0 Å². The molecule has 0 aliphatic heterocycles. The molecule has 0 saturated carbocycles. The summed E-state index contributed by atoms with van der Waals surface area (Å²) < 4.78 is 0. The first kappa shape index (κ1) is 10.4. The maximum Gasteiger partial charge on any atom is 0.0598 e. The molecule has 0 saturated heterocycles. The zero-order chi connectivity index (χ0) is 10.1. The van der Waals surface area contributed by atoms with Crippen molar-refractivity contribution in [2.75, 3.05) is 0 Å². The summed E-state index contributed by atoms with van der Waals surface area (Å²) >= 11 is 17.8. The van der Waals surface area contributed by atoms with Crippen molar-refractivity contribution in [2.24, 2.45) is 0 Å². The fraction of sp³-hybridized carbons (Fsp3) is 0.273. The highest BCUT2D eigenvalue weighted by molar-refractivity contribution is 6.42. The smallest absolute Gasteiger partial charge is 0.0598 e. The van der Waals surface area contributed by atoms with E-state index < -0.39 is 0 Å². The van der Waals surface area contributed by atoms with E-state index in [0.29, 0.717) is 10.0 Å². The second-order valence-electron chi connectivity index (χ2n) is 3.38. The molecule has 0 fully saturated rings. The van der Waals surface area contributed by atoms with E-state index in [-0.39, 0.29) is 5.38 Å². The number of benzene rings is 1. The fourth-order valence-corrected chi connectivity index (χ4v) is 2.17. The average Bonchev–Trinajstić information content (AvgIpc) is 2.57. The predicted octanol–water partition coefficient (Wildman–Crippen LogP) is 4.78. The molecule has 0 amide bonds. The Morgan fingerprint density at radius 1 is 1.14 bits per heavy atom. The molecule has 1 aromatic rings. The molecule has 1 aliphatic rings. The van der Waals surface area contributed by atoms with Crippen LogP contribution in [0.5, 0.6) is 0 Å². The van der Waals surface area contributed by atoms with E-state index >= 15 is 0 Å². The van der Waals surface area contributed by atoms with Crippen molar-refractivity contribution in [2.45, 2.75) is 18.2 Å². The Kier molecular flexibility index (Phi) is 3.06. The Morgan fingerprint density at radius 2 is 1.93 bits per heavy atom. The van der Waals surface area contributed by atoms with Crippen LogP contribution in [-0.4, -0.2) is 5.38 Å². The molecule has 74 valence electrons. The number of halogens is 3. The molecule has 1 unspecified atom stereocenters. The first-order valence-electron chi connectivity index (χ1n) is 4.47. The van der Waals surface area contributed by atoms with Gasteiger partial charge in [-0.2, -0.15) is 0 Å². The average molecular weight is 248 g/mol. The van der Waals surface area contributed by atoms with Gasteiger partial charge < -0.3 is 0 Å². The van der Waals surface area contributed by atoms with Gasteiger partial charge in [0.1, 0.15) is 0 Å². The summed E-state index contributed by atoms with van der Waals surface area (Å²) in [5.41, 5.74) is 2.39. The zero-order valence-electron chi connectivity index (χ0n) is 7.43. The monoisotopic (exact) mass is 246 g/mol. The van der Waals surface area contributed by atoms with Crippen molar-refractivity contribution >= 4 is 40.4 Å². The summed E-state index contributed by atoms with van der Waals surface area (Å²) in [7, 11) is 0. The van der Waals surface area contributed by atoms with Gasteiger partial charge in [-0.25, -0.2) is 0 Å². The van der Waals surface area contributed by atoms with E-state index in [1.807, 2.05) is 18.2 Å². The molecule has 0 aromatic heterocycles. The molecule has 3 heteroatoms. The van der Waals surface area contributed by atoms with Crippen LogP contribution in [0, 0.1) is 0 Å². The minimum atomic E-state index is 0.166. The second kappa shape index (κ2) is 4.14. The van der Waals surface area contributed by atoms with Crippen molar-refractivity contribution in [1.82, 2.24) is 0 Å². The third-order valence-corrected chi connectivity index (χ3v) is 3.45. The Hall–Kier alpha value is -0.170. The number of rotatable bonds is 1. The Balaban J connectivity index is 2.34. The summed E-state index contributed by atoms with van der Waals surface area (Å²) in [4.78, 5) is 0. The van der Waals surface area contributed by atoms with Crippen LogP contribution >= 0.6 is 34.8 Å². The molecule has 0 spiro atoms. The fourth-order valence-electron chi connectivity index (χ4n) is 1.61. The lowest BCUT2D eigenvalue weighted by molar-refractivity contribution is 0.942. The molecule has 0 nitrogen and oxygen atoms in total. The standard InChI is InChI=1S/C11H9Cl3/c12-9-3-1-7(5-9)8-2-4-10(13)11(14)6-8/h2,4-6,9H,1,3H2. The lowest BCUT2D eigenvalue weighted by Crippen LogP contribution is -1.81. The summed E-state index contributed by atoms with van der Waals surface area (Å²) in [6.45, 7) is 0. The van der Waals surface area contributed by atoms with Gasteiger partial charge >= 0.3 is 0 Å². The zero-order valence-corrected chi connectivity index (χ0v) is 9.70. The van der Waals surface area contributed by atoms with Gasteiger partial charge in [0.25, 0.3) is 0 Å². The number of alkyl halides is 1. The minimum Gasteiger partial charge on any atom is -0.118 e. The van der Waals surface area contributed by atoms with Gasteiger partial charge in [-0.3, -0.25) is 0 Å². The van der Waals surface area contributed by atoms with Gasteiger partial charge in [0.05, 0.1) is 15.4 Å². The van der Waals surface area contributed by atoms with Gasteiger partial charge in [-0.05, 0) is 36.1 Å². The molecule has 14 heavy (non-hydrogen) atoms. The van der Waals surface area contributed by atoms with E-state index in [4.69, 9.17) is 34.8 Å². The maximum atomic E-state index is 5.99. The van der Waals surface area contributed by atoms with Crippen LogP contribution in [0.15, 0.2) is 24.3 Å². The molecule has 0 radical (unpaired) electrons. The molecule has 2 rings (SSSR count). The lowest BCUT2D eigenvalue weighted by Gasteiger charge is -2.03. The Morgan fingerprint density at radius 3 is 2.50 bits per heavy atom. The van der Waals surface area contributed by atoms with Crippen LogP contribution in [0.2, 0.25) is 10.0 Å². The Labute approximate surface area is 98.5 Å². The summed E-state index contributed by atoms with van der Waals surface area (Å²) in [5, 5.41) is 1.36. The van der Waals surface area contributed by atoms with Crippen molar-refractivity contribution in [3.05, 3.63) is 39.9 Å². The van der Waals surface area contributed by atoms with Gasteiger partial charge in [0.15, 0.2) is 0 Å². The third kappa shape index (κ3) is 2.08. The number of allylic oxidation sites excluding steroid dienone is 2. The Bertz CT molecular complexity index is 382. The van der Waals surface area contributed by atoms with Gasteiger partial charge in [0, 0.05) is 0 Å². The molecular weight excluding hydrogens is 238 g/mol. The van der Waals surface area contributed by atoms with Gasteiger partial charge in [-0.15, -0.1) is 11.6 Å². The maximum absolute atomic E-state index is 5.99. The highest BCUT2D eigenvalue weighted by atomic mass is 35.5. The summed E-state index contributed by atoms with van der Waals surface area (Å²) in [6.07, 6.45) is 4.12. The molecule has 0 bridgehead atoms.